The van der Waals surface area contributed by atoms with Crippen LogP contribution in [0.15, 0.2) is 24.3 Å². The number of halogens is 1. The Bertz CT molecular complexity index is 491. The first-order valence-electron chi connectivity index (χ1n) is 5.18. The van der Waals surface area contributed by atoms with Crippen molar-refractivity contribution in [2.24, 2.45) is 5.73 Å². The average Bonchev–Trinajstić information content (AvgIpc) is 2.63. The molecule has 0 radical (unpaired) electrons. The second-order valence-electron chi connectivity index (χ2n) is 3.73. The van der Waals surface area contributed by atoms with Gasteiger partial charge in [-0.3, -0.25) is 0 Å². The first-order valence-corrected chi connectivity index (χ1v) is 5.56. The highest BCUT2D eigenvalue weighted by molar-refractivity contribution is 6.31. The maximum Gasteiger partial charge on any atom is 0.120 e. The topological polar surface area (TPSA) is 54.7 Å². The zero-order valence-electron chi connectivity index (χ0n) is 9.13. The van der Waals surface area contributed by atoms with Gasteiger partial charge in [0.2, 0.25) is 0 Å². The van der Waals surface area contributed by atoms with Crippen molar-refractivity contribution in [3.05, 3.63) is 52.1 Å². The van der Waals surface area contributed by atoms with E-state index in [0.29, 0.717) is 6.54 Å². The van der Waals surface area contributed by atoms with E-state index in [2.05, 4.69) is 9.97 Å². The number of imidazole rings is 1. The number of hydrogen-bond acceptors (Lipinski definition) is 2. The SMILES string of the molecule is Cc1[nH]c(CN)nc1Cc1ccccc1Cl. The van der Waals surface area contributed by atoms with Gasteiger partial charge in [-0.15, -0.1) is 0 Å². The Morgan fingerprint density at radius 2 is 2.12 bits per heavy atom. The quantitative estimate of drug-likeness (QED) is 0.859. The van der Waals surface area contributed by atoms with Gasteiger partial charge in [0.05, 0.1) is 12.2 Å². The molecule has 0 aliphatic heterocycles. The molecule has 3 N–H and O–H groups in total. The summed E-state index contributed by atoms with van der Waals surface area (Å²) in [4.78, 5) is 7.58. The van der Waals surface area contributed by atoms with Crippen molar-refractivity contribution in [3.8, 4) is 0 Å². The Hall–Kier alpha value is -1.32. The van der Waals surface area contributed by atoms with Crippen molar-refractivity contribution in [3.63, 3.8) is 0 Å². The molecular weight excluding hydrogens is 222 g/mol. The second-order valence-corrected chi connectivity index (χ2v) is 4.13. The third-order valence-corrected chi connectivity index (χ3v) is 2.91. The largest absolute Gasteiger partial charge is 0.345 e. The number of aromatic nitrogens is 2. The van der Waals surface area contributed by atoms with Gasteiger partial charge in [0.25, 0.3) is 0 Å². The number of nitrogens with two attached hydrogens (primary N) is 1. The van der Waals surface area contributed by atoms with Crippen molar-refractivity contribution in [2.75, 3.05) is 0 Å². The highest BCUT2D eigenvalue weighted by atomic mass is 35.5. The van der Waals surface area contributed by atoms with E-state index in [1.165, 1.54) is 0 Å². The first-order chi connectivity index (χ1) is 7.70. The zero-order chi connectivity index (χ0) is 11.5. The number of rotatable bonds is 3. The molecule has 3 nitrogen and oxygen atoms in total. The summed E-state index contributed by atoms with van der Waals surface area (Å²) in [6, 6.07) is 7.81. The predicted octanol–water partition coefficient (Wildman–Crippen LogP) is 2.42. The lowest BCUT2D eigenvalue weighted by Gasteiger charge is -2.01. The van der Waals surface area contributed by atoms with Gasteiger partial charge in [0, 0.05) is 17.1 Å². The van der Waals surface area contributed by atoms with E-state index in [1.807, 2.05) is 31.2 Å². The minimum Gasteiger partial charge on any atom is -0.345 e. The van der Waals surface area contributed by atoms with Gasteiger partial charge in [-0.25, -0.2) is 4.98 Å². The second kappa shape index (κ2) is 4.68. The van der Waals surface area contributed by atoms with E-state index in [0.717, 1.165) is 34.2 Å². The van der Waals surface area contributed by atoms with Crippen LogP contribution in [0.1, 0.15) is 22.8 Å². The molecule has 1 aromatic heterocycles. The molecule has 0 aliphatic rings. The molecule has 0 saturated heterocycles. The minimum atomic E-state index is 0.434. The number of nitrogens with zero attached hydrogens (tertiary/aromatic N) is 1. The van der Waals surface area contributed by atoms with Crippen LogP contribution >= 0.6 is 11.6 Å². The third-order valence-electron chi connectivity index (χ3n) is 2.54. The fraction of sp³-hybridized carbons (Fsp3) is 0.250. The van der Waals surface area contributed by atoms with Crippen LogP contribution in [0.3, 0.4) is 0 Å². The molecule has 1 heterocycles. The minimum absolute atomic E-state index is 0.434. The molecule has 84 valence electrons. The zero-order valence-corrected chi connectivity index (χ0v) is 9.88. The van der Waals surface area contributed by atoms with E-state index < -0.39 is 0 Å². The Labute approximate surface area is 99.7 Å². The fourth-order valence-electron chi connectivity index (χ4n) is 1.65. The van der Waals surface area contributed by atoms with Gasteiger partial charge in [-0.2, -0.15) is 0 Å². The van der Waals surface area contributed by atoms with Crippen molar-refractivity contribution in [1.29, 1.82) is 0 Å². The van der Waals surface area contributed by atoms with Crippen molar-refractivity contribution < 1.29 is 0 Å². The van der Waals surface area contributed by atoms with E-state index in [4.69, 9.17) is 17.3 Å². The van der Waals surface area contributed by atoms with Crippen LogP contribution in [-0.2, 0) is 13.0 Å². The molecule has 0 bridgehead atoms. The number of aromatic amines is 1. The van der Waals surface area contributed by atoms with E-state index >= 15 is 0 Å². The van der Waals surface area contributed by atoms with Gasteiger partial charge in [0.15, 0.2) is 0 Å². The number of benzene rings is 1. The average molecular weight is 236 g/mol. The number of hydrogen-bond donors (Lipinski definition) is 2. The smallest absolute Gasteiger partial charge is 0.120 e. The van der Waals surface area contributed by atoms with Crippen LogP contribution < -0.4 is 5.73 Å². The Balaban J connectivity index is 2.27. The molecule has 1 aromatic carbocycles. The highest BCUT2D eigenvalue weighted by Crippen LogP contribution is 2.19. The summed E-state index contributed by atoms with van der Waals surface area (Å²) < 4.78 is 0. The Kier molecular flexibility index (Phi) is 3.27. The Morgan fingerprint density at radius 3 is 2.75 bits per heavy atom. The summed E-state index contributed by atoms with van der Waals surface area (Å²) in [5, 5.41) is 0.777. The highest BCUT2D eigenvalue weighted by Gasteiger charge is 2.08. The first kappa shape index (κ1) is 11.2. The normalized spacial score (nSPS) is 10.7. The van der Waals surface area contributed by atoms with Crippen LogP contribution in [0, 0.1) is 6.92 Å². The molecule has 0 unspecified atom stereocenters. The van der Waals surface area contributed by atoms with Gasteiger partial charge in [-0.05, 0) is 18.6 Å². The van der Waals surface area contributed by atoms with Gasteiger partial charge < -0.3 is 10.7 Å². The third kappa shape index (κ3) is 2.26. The van der Waals surface area contributed by atoms with Crippen molar-refractivity contribution >= 4 is 11.6 Å². The summed E-state index contributed by atoms with van der Waals surface area (Å²) in [7, 11) is 0. The molecule has 4 heteroatoms. The Morgan fingerprint density at radius 1 is 1.38 bits per heavy atom. The fourth-order valence-corrected chi connectivity index (χ4v) is 1.86. The maximum atomic E-state index is 6.10. The monoisotopic (exact) mass is 235 g/mol. The summed E-state index contributed by atoms with van der Waals surface area (Å²) >= 11 is 6.10. The number of H-pyrrole nitrogens is 1. The molecule has 0 atom stereocenters. The van der Waals surface area contributed by atoms with E-state index in [9.17, 15) is 0 Å². The van der Waals surface area contributed by atoms with Crippen LogP contribution in [0.5, 0.6) is 0 Å². The summed E-state index contributed by atoms with van der Waals surface area (Å²) in [6.07, 6.45) is 0.738. The summed E-state index contributed by atoms with van der Waals surface area (Å²) in [5.41, 5.74) is 8.68. The lowest BCUT2D eigenvalue weighted by Crippen LogP contribution is -1.98. The number of aryl methyl sites for hydroxylation is 1. The molecule has 0 spiro atoms. The molecule has 0 aliphatic carbocycles. The van der Waals surface area contributed by atoms with Crippen LogP contribution in [-0.4, -0.2) is 9.97 Å². The molecule has 0 saturated carbocycles. The molecule has 2 rings (SSSR count). The standard InChI is InChI=1S/C12H14ClN3/c1-8-11(16-12(7-14)15-8)6-9-4-2-3-5-10(9)13/h2-5H,6-7,14H2,1H3,(H,15,16). The lowest BCUT2D eigenvalue weighted by atomic mass is 10.1. The van der Waals surface area contributed by atoms with Crippen LogP contribution in [0.25, 0.3) is 0 Å². The van der Waals surface area contributed by atoms with E-state index in [-0.39, 0.29) is 0 Å². The molecule has 2 aromatic rings. The van der Waals surface area contributed by atoms with Gasteiger partial charge >= 0.3 is 0 Å². The van der Waals surface area contributed by atoms with Crippen molar-refractivity contribution in [2.45, 2.75) is 19.9 Å². The van der Waals surface area contributed by atoms with Gasteiger partial charge in [-0.1, -0.05) is 29.8 Å². The lowest BCUT2D eigenvalue weighted by molar-refractivity contribution is 0.935. The molecule has 0 amide bonds. The summed E-state index contributed by atoms with van der Waals surface area (Å²) in [5.74, 6) is 0.819. The van der Waals surface area contributed by atoms with Crippen molar-refractivity contribution in [1.82, 2.24) is 9.97 Å². The molecule has 16 heavy (non-hydrogen) atoms. The van der Waals surface area contributed by atoms with Crippen LogP contribution in [0.2, 0.25) is 5.02 Å². The predicted molar refractivity (Wildman–Crippen MR) is 65.5 cm³/mol. The maximum absolute atomic E-state index is 6.10. The van der Waals surface area contributed by atoms with Gasteiger partial charge in [0.1, 0.15) is 5.82 Å². The summed E-state index contributed by atoms with van der Waals surface area (Å²) in [6.45, 7) is 2.43. The number of nitrogens with one attached hydrogen (secondary N) is 1. The van der Waals surface area contributed by atoms with Crippen LogP contribution in [0.4, 0.5) is 0 Å². The molecular formula is C12H14ClN3. The molecule has 0 fully saturated rings. The van der Waals surface area contributed by atoms with E-state index in [1.54, 1.807) is 0 Å².